The molecule has 0 saturated heterocycles. The van der Waals surface area contributed by atoms with Gasteiger partial charge in [-0.05, 0) is 24.0 Å². The van der Waals surface area contributed by atoms with Crippen molar-refractivity contribution in [3.05, 3.63) is 71.8 Å². The van der Waals surface area contributed by atoms with E-state index < -0.39 is 12.0 Å². The zero-order chi connectivity index (χ0) is 14.9. The van der Waals surface area contributed by atoms with Gasteiger partial charge in [-0.3, -0.25) is 4.79 Å². The smallest absolute Gasteiger partial charge is 0.273 e. The standard InChI is InChI=1S/C17H18N2O2/c20-16(15-11-5-2-6-12-15)17(21)19-18-13-7-10-14-8-3-1-4-9-14/h1-6,8-9,11-13,16,20H,7,10H2,(H,19,21)/b18-13+. The maximum Gasteiger partial charge on any atom is 0.273 e. The number of amides is 1. The molecule has 2 N–H and O–H groups in total. The van der Waals surface area contributed by atoms with Crippen LogP contribution in [-0.4, -0.2) is 17.2 Å². The van der Waals surface area contributed by atoms with Crippen molar-refractivity contribution in [2.45, 2.75) is 18.9 Å². The largest absolute Gasteiger partial charge is 0.378 e. The Morgan fingerprint density at radius 2 is 1.71 bits per heavy atom. The average molecular weight is 282 g/mol. The van der Waals surface area contributed by atoms with E-state index in [2.05, 4.69) is 10.5 Å². The van der Waals surface area contributed by atoms with Crippen LogP contribution in [0, 0.1) is 0 Å². The molecule has 0 aliphatic heterocycles. The summed E-state index contributed by atoms with van der Waals surface area (Å²) < 4.78 is 0. The number of nitrogens with one attached hydrogen (secondary N) is 1. The Labute approximate surface area is 124 Å². The van der Waals surface area contributed by atoms with Crippen LogP contribution in [-0.2, 0) is 11.2 Å². The van der Waals surface area contributed by atoms with Crippen LogP contribution in [0.1, 0.15) is 23.7 Å². The molecule has 4 nitrogen and oxygen atoms in total. The van der Waals surface area contributed by atoms with Gasteiger partial charge >= 0.3 is 0 Å². The maximum absolute atomic E-state index is 11.7. The molecule has 4 heteroatoms. The van der Waals surface area contributed by atoms with Crippen LogP contribution >= 0.6 is 0 Å². The molecule has 21 heavy (non-hydrogen) atoms. The van der Waals surface area contributed by atoms with Gasteiger partial charge < -0.3 is 5.11 Å². The van der Waals surface area contributed by atoms with E-state index in [9.17, 15) is 9.90 Å². The molecule has 2 aromatic carbocycles. The molecule has 0 spiro atoms. The summed E-state index contributed by atoms with van der Waals surface area (Å²) in [7, 11) is 0. The summed E-state index contributed by atoms with van der Waals surface area (Å²) in [5.74, 6) is -0.530. The third-order valence-corrected chi connectivity index (χ3v) is 3.03. The first-order valence-corrected chi connectivity index (χ1v) is 6.85. The van der Waals surface area contributed by atoms with Crippen molar-refractivity contribution < 1.29 is 9.90 Å². The molecule has 0 fully saturated rings. The predicted octanol–water partition coefficient (Wildman–Crippen LogP) is 2.45. The maximum atomic E-state index is 11.7. The molecule has 0 aliphatic rings. The van der Waals surface area contributed by atoms with Crippen molar-refractivity contribution in [1.29, 1.82) is 0 Å². The normalized spacial score (nSPS) is 12.2. The number of aliphatic hydroxyl groups excluding tert-OH is 1. The van der Waals surface area contributed by atoms with Crippen LogP contribution in [0.2, 0.25) is 0 Å². The first-order valence-electron chi connectivity index (χ1n) is 6.85. The van der Waals surface area contributed by atoms with Crippen LogP contribution in [0.25, 0.3) is 0 Å². The lowest BCUT2D eigenvalue weighted by atomic mass is 10.1. The molecule has 0 aliphatic carbocycles. The molecule has 0 aromatic heterocycles. The summed E-state index contributed by atoms with van der Waals surface area (Å²) in [6.07, 6.45) is 2.04. The number of hydrogen-bond acceptors (Lipinski definition) is 3. The molecular formula is C17H18N2O2. The molecule has 0 saturated carbocycles. The van der Waals surface area contributed by atoms with Gasteiger partial charge in [-0.25, -0.2) is 5.43 Å². The van der Waals surface area contributed by atoms with Crippen LogP contribution in [0.15, 0.2) is 65.8 Å². The zero-order valence-electron chi connectivity index (χ0n) is 11.6. The molecule has 1 atom stereocenters. The van der Waals surface area contributed by atoms with Crippen LogP contribution in [0.5, 0.6) is 0 Å². The van der Waals surface area contributed by atoms with Gasteiger partial charge in [0, 0.05) is 6.21 Å². The second-order valence-electron chi connectivity index (χ2n) is 4.63. The molecule has 108 valence electrons. The molecule has 2 rings (SSSR count). The zero-order valence-corrected chi connectivity index (χ0v) is 11.6. The summed E-state index contributed by atoms with van der Waals surface area (Å²) in [5, 5.41) is 13.7. The molecule has 1 amide bonds. The first-order chi connectivity index (χ1) is 10.3. The highest BCUT2D eigenvalue weighted by molar-refractivity contribution is 5.82. The van der Waals surface area contributed by atoms with E-state index in [0.29, 0.717) is 5.56 Å². The topological polar surface area (TPSA) is 61.7 Å². The Hall–Kier alpha value is -2.46. The van der Waals surface area contributed by atoms with E-state index in [1.807, 2.05) is 36.4 Å². The van der Waals surface area contributed by atoms with Crippen molar-refractivity contribution in [1.82, 2.24) is 5.43 Å². The van der Waals surface area contributed by atoms with E-state index >= 15 is 0 Å². The number of aliphatic hydroxyl groups is 1. The number of carbonyl (C=O) groups is 1. The van der Waals surface area contributed by atoms with Crippen molar-refractivity contribution in [2.24, 2.45) is 5.10 Å². The summed E-state index contributed by atoms with van der Waals surface area (Å²) in [5.41, 5.74) is 4.12. The van der Waals surface area contributed by atoms with Crippen molar-refractivity contribution in [3.8, 4) is 0 Å². The molecule has 1 unspecified atom stereocenters. The van der Waals surface area contributed by atoms with Gasteiger partial charge in [-0.15, -0.1) is 0 Å². The molecule has 0 bridgehead atoms. The first kappa shape index (κ1) is 14.9. The Kier molecular flexibility index (Phi) is 5.67. The second kappa shape index (κ2) is 7.97. The third kappa shape index (κ3) is 4.85. The number of benzene rings is 2. The minimum absolute atomic E-state index is 0.530. The summed E-state index contributed by atoms with van der Waals surface area (Å²) in [6.45, 7) is 0. The number of nitrogens with zero attached hydrogens (tertiary/aromatic N) is 1. The lowest BCUT2D eigenvalue weighted by Crippen LogP contribution is -2.25. The number of carbonyl (C=O) groups excluding carboxylic acids is 1. The number of rotatable bonds is 6. The van der Waals surface area contributed by atoms with Crippen molar-refractivity contribution in [2.75, 3.05) is 0 Å². The van der Waals surface area contributed by atoms with Gasteiger partial charge in [0.2, 0.25) is 0 Å². The van der Waals surface area contributed by atoms with E-state index in [4.69, 9.17) is 0 Å². The highest BCUT2D eigenvalue weighted by atomic mass is 16.3. The van der Waals surface area contributed by atoms with E-state index in [1.54, 1.807) is 30.5 Å². The second-order valence-corrected chi connectivity index (χ2v) is 4.63. The number of aryl methyl sites for hydroxylation is 1. The molecule has 0 radical (unpaired) electrons. The quantitative estimate of drug-likeness (QED) is 0.631. The lowest BCUT2D eigenvalue weighted by molar-refractivity contribution is -0.129. The lowest BCUT2D eigenvalue weighted by Gasteiger charge is -2.08. The minimum Gasteiger partial charge on any atom is -0.378 e. The Morgan fingerprint density at radius 1 is 1.10 bits per heavy atom. The van der Waals surface area contributed by atoms with Crippen LogP contribution < -0.4 is 5.43 Å². The van der Waals surface area contributed by atoms with Crippen molar-refractivity contribution in [3.63, 3.8) is 0 Å². The highest BCUT2D eigenvalue weighted by Crippen LogP contribution is 2.11. The molecule has 0 heterocycles. The van der Waals surface area contributed by atoms with Crippen LogP contribution in [0.3, 0.4) is 0 Å². The van der Waals surface area contributed by atoms with Gasteiger partial charge in [0.05, 0.1) is 0 Å². The predicted molar refractivity (Wildman–Crippen MR) is 82.8 cm³/mol. The summed E-state index contributed by atoms with van der Waals surface area (Å²) in [4.78, 5) is 11.7. The Bertz CT molecular complexity index is 582. The van der Waals surface area contributed by atoms with Gasteiger partial charge in [0.1, 0.15) is 0 Å². The highest BCUT2D eigenvalue weighted by Gasteiger charge is 2.15. The summed E-state index contributed by atoms with van der Waals surface area (Å²) in [6, 6.07) is 18.8. The molecular weight excluding hydrogens is 264 g/mol. The minimum atomic E-state index is -1.20. The fourth-order valence-electron chi connectivity index (χ4n) is 1.90. The van der Waals surface area contributed by atoms with Crippen molar-refractivity contribution >= 4 is 12.1 Å². The Morgan fingerprint density at radius 3 is 2.38 bits per heavy atom. The van der Waals surface area contributed by atoms with Gasteiger partial charge in [0.25, 0.3) is 5.91 Å². The number of hydrogen-bond donors (Lipinski definition) is 2. The van der Waals surface area contributed by atoms with E-state index in [1.165, 1.54) is 5.56 Å². The third-order valence-electron chi connectivity index (χ3n) is 3.03. The fourth-order valence-corrected chi connectivity index (χ4v) is 1.90. The van der Waals surface area contributed by atoms with Gasteiger partial charge in [0.15, 0.2) is 6.10 Å². The van der Waals surface area contributed by atoms with E-state index in [0.717, 1.165) is 12.8 Å². The monoisotopic (exact) mass is 282 g/mol. The SMILES string of the molecule is O=C(N/N=C/CCc1ccccc1)C(O)c1ccccc1. The molecule has 2 aromatic rings. The van der Waals surface area contributed by atoms with Crippen LogP contribution in [0.4, 0.5) is 0 Å². The van der Waals surface area contributed by atoms with Gasteiger partial charge in [-0.2, -0.15) is 5.10 Å². The average Bonchev–Trinajstić information content (AvgIpc) is 2.55. The fraction of sp³-hybridized carbons (Fsp3) is 0.176. The number of hydrazone groups is 1. The Balaban J connectivity index is 1.75. The van der Waals surface area contributed by atoms with Gasteiger partial charge in [-0.1, -0.05) is 60.7 Å². The summed E-state index contributed by atoms with van der Waals surface area (Å²) >= 11 is 0. The van der Waals surface area contributed by atoms with E-state index in [-0.39, 0.29) is 0 Å².